The third kappa shape index (κ3) is 1.38. The maximum Gasteiger partial charge on any atom is 0.182 e. The average molecular weight is 190 g/mol. The van der Waals surface area contributed by atoms with Gasteiger partial charge in [-0.05, 0) is 16.0 Å². The number of nitrogens with zero attached hydrogens (tertiary/aromatic N) is 4. The van der Waals surface area contributed by atoms with E-state index in [0.29, 0.717) is 5.82 Å². The molecular weight excluding hydrogens is 180 g/mol. The lowest BCUT2D eigenvalue weighted by Crippen LogP contribution is -1.97. The first-order chi connectivity index (χ1) is 6.83. The SMILES string of the molecule is Cn1nnnc1-c1ccccc1CO. The van der Waals surface area contributed by atoms with Crippen LogP contribution >= 0.6 is 0 Å². The molecule has 2 aromatic rings. The Bertz CT molecular complexity index is 438. The monoisotopic (exact) mass is 190 g/mol. The molecule has 2 rings (SSSR count). The molecule has 0 amide bonds. The second kappa shape index (κ2) is 3.55. The zero-order valence-corrected chi connectivity index (χ0v) is 7.75. The van der Waals surface area contributed by atoms with Crippen molar-refractivity contribution in [1.29, 1.82) is 0 Å². The van der Waals surface area contributed by atoms with Gasteiger partial charge in [0.25, 0.3) is 0 Å². The number of aliphatic hydroxyl groups is 1. The van der Waals surface area contributed by atoms with Crippen molar-refractivity contribution in [3.05, 3.63) is 29.8 Å². The fourth-order valence-corrected chi connectivity index (χ4v) is 1.33. The first kappa shape index (κ1) is 8.83. The molecule has 5 heteroatoms. The van der Waals surface area contributed by atoms with Crippen molar-refractivity contribution in [2.45, 2.75) is 6.61 Å². The first-order valence-corrected chi connectivity index (χ1v) is 4.24. The van der Waals surface area contributed by atoms with Gasteiger partial charge in [-0.2, -0.15) is 0 Å². The summed E-state index contributed by atoms with van der Waals surface area (Å²) >= 11 is 0. The number of aromatic nitrogens is 4. The quantitative estimate of drug-likeness (QED) is 0.743. The molecule has 1 aromatic carbocycles. The summed E-state index contributed by atoms with van der Waals surface area (Å²) < 4.78 is 1.58. The van der Waals surface area contributed by atoms with Crippen LogP contribution in [0.2, 0.25) is 0 Å². The van der Waals surface area contributed by atoms with Crippen molar-refractivity contribution in [2.75, 3.05) is 0 Å². The zero-order chi connectivity index (χ0) is 9.97. The Morgan fingerprint density at radius 2 is 2.14 bits per heavy atom. The molecule has 0 atom stereocenters. The number of aryl methyl sites for hydroxylation is 1. The lowest BCUT2D eigenvalue weighted by Gasteiger charge is -2.04. The van der Waals surface area contributed by atoms with Gasteiger partial charge >= 0.3 is 0 Å². The molecule has 14 heavy (non-hydrogen) atoms. The molecule has 0 unspecified atom stereocenters. The number of rotatable bonds is 2. The Balaban J connectivity index is 2.56. The average Bonchev–Trinajstić information content (AvgIpc) is 2.64. The molecule has 0 fully saturated rings. The normalized spacial score (nSPS) is 10.4. The highest BCUT2D eigenvalue weighted by Gasteiger charge is 2.09. The maximum absolute atomic E-state index is 9.13. The minimum Gasteiger partial charge on any atom is -0.392 e. The maximum atomic E-state index is 9.13. The molecule has 0 saturated carbocycles. The summed E-state index contributed by atoms with van der Waals surface area (Å²) in [6.07, 6.45) is 0. The standard InChI is InChI=1S/C9H10N4O/c1-13-9(10-11-12-13)8-5-3-2-4-7(8)6-14/h2-5,14H,6H2,1H3. The molecule has 0 spiro atoms. The van der Waals surface area contributed by atoms with Gasteiger partial charge in [0.2, 0.25) is 0 Å². The van der Waals surface area contributed by atoms with E-state index < -0.39 is 0 Å². The topological polar surface area (TPSA) is 63.8 Å². The van der Waals surface area contributed by atoms with Gasteiger partial charge in [-0.3, -0.25) is 0 Å². The third-order valence-corrected chi connectivity index (χ3v) is 2.05. The number of aliphatic hydroxyl groups excluding tert-OH is 1. The van der Waals surface area contributed by atoms with E-state index in [1.807, 2.05) is 24.3 Å². The number of hydrogen-bond donors (Lipinski definition) is 1. The van der Waals surface area contributed by atoms with E-state index in [2.05, 4.69) is 15.5 Å². The van der Waals surface area contributed by atoms with Crippen LogP contribution in [-0.4, -0.2) is 25.3 Å². The fourth-order valence-electron chi connectivity index (χ4n) is 1.33. The van der Waals surface area contributed by atoms with Gasteiger partial charge in [0.1, 0.15) is 0 Å². The Morgan fingerprint density at radius 1 is 1.36 bits per heavy atom. The summed E-state index contributed by atoms with van der Waals surface area (Å²) in [6, 6.07) is 7.50. The Morgan fingerprint density at radius 3 is 2.79 bits per heavy atom. The van der Waals surface area contributed by atoms with Gasteiger partial charge in [-0.1, -0.05) is 24.3 Å². The minimum atomic E-state index is -0.0109. The zero-order valence-electron chi connectivity index (χ0n) is 7.75. The highest BCUT2D eigenvalue weighted by Crippen LogP contribution is 2.19. The van der Waals surface area contributed by atoms with E-state index in [4.69, 9.17) is 5.11 Å². The van der Waals surface area contributed by atoms with Crippen LogP contribution in [-0.2, 0) is 13.7 Å². The highest BCUT2D eigenvalue weighted by atomic mass is 16.3. The Kier molecular flexibility index (Phi) is 2.24. The van der Waals surface area contributed by atoms with Crippen molar-refractivity contribution in [3.8, 4) is 11.4 Å². The second-order valence-electron chi connectivity index (χ2n) is 2.94. The van der Waals surface area contributed by atoms with Gasteiger partial charge in [-0.15, -0.1) is 5.10 Å². The van der Waals surface area contributed by atoms with Crippen LogP contribution < -0.4 is 0 Å². The minimum absolute atomic E-state index is 0.0109. The van der Waals surface area contributed by atoms with Crippen LogP contribution in [0.1, 0.15) is 5.56 Å². The second-order valence-corrected chi connectivity index (χ2v) is 2.94. The van der Waals surface area contributed by atoms with Gasteiger partial charge in [-0.25, -0.2) is 4.68 Å². The molecular formula is C9H10N4O. The Labute approximate surface area is 81.0 Å². The third-order valence-electron chi connectivity index (χ3n) is 2.05. The van der Waals surface area contributed by atoms with Crippen molar-refractivity contribution in [2.24, 2.45) is 7.05 Å². The van der Waals surface area contributed by atoms with Crippen LogP contribution in [0.15, 0.2) is 24.3 Å². The molecule has 0 radical (unpaired) electrons. The molecule has 72 valence electrons. The van der Waals surface area contributed by atoms with Crippen LogP contribution in [0.4, 0.5) is 0 Å². The summed E-state index contributed by atoms with van der Waals surface area (Å²) in [5, 5.41) is 20.3. The molecule has 0 aliphatic rings. The van der Waals surface area contributed by atoms with Gasteiger partial charge < -0.3 is 5.11 Å². The van der Waals surface area contributed by atoms with E-state index in [0.717, 1.165) is 11.1 Å². The molecule has 0 aliphatic carbocycles. The van der Waals surface area contributed by atoms with Crippen molar-refractivity contribution >= 4 is 0 Å². The van der Waals surface area contributed by atoms with Gasteiger partial charge in [0, 0.05) is 12.6 Å². The molecule has 0 aliphatic heterocycles. The van der Waals surface area contributed by atoms with E-state index in [1.165, 1.54) is 0 Å². The summed E-state index contributed by atoms with van der Waals surface area (Å²) in [6.45, 7) is -0.0109. The van der Waals surface area contributed by atoms with Gasteiger partial charge in [0.05, 0.1) is 6.61 Å². The van der Waals surface area contributed by atoms with Crippen LogP contribution in [0.3, 0.4) is 0 Å². The number of benzene rings is 1. The molecule has 0 saturated heterocycles. The Hall–Kier alpha value is -1.75. The number of hydrogen-bond acceptors (Lipinski definition) is 4. The van der Waals surface area contributed by atoms with Crippen LogP contribution in [0, 0.1) is 0 Å². The molecule has 0 bridgehead atoms. The lowest BCUT2D eigenvalue weighted by atomic mass is 10.1. The van der Waals surface area contributed by atoms with Crippen molar-refractivity contribution in [1.82, 2.24) is 20.2 Å². The summed E-state index contributed by atoms with van der Waals surface area (Å²) in [5.41, 5.74) is 1.69. The smallest absolute Gasteiger partial charge is 0.182 e. The van der Waals surface area contributed by atoms with E-state index in [1.54, 1.807) is 11.7 Å². The van der Waals surface area contributed by atoms with Gasteiger partial charge in [0.15, 0.2) is 5.82 Å². The van der Waals surface area contributed by atoms with Crippen molar-refractivity contribution in [3.63, 3.8) is 0 Å². The van der Waals surface area contributed by atoms with E-state index in [9.17, 15) is 0 Å². The van der Waals surface area contributed by atoms with E-state index >= 15 is 0 Å². The first-order valence-electron chi connectivity index (χ1n) is 4.24. The van der Waals surface area contributed by atoms with Crippen LogP contribution in [0.5, 0.6) is 0 Å². The van der Waals surface area contributed by atoms with Crippen LogP contribution in [0.25, 0.3) is 11.4 Å². The summed E-state index contributed by atoms with van der Waals surface area (Å²) in [7, 11) is 1.77. The lowest BCUT2D eigenvalue weighted by molar-refractivity contribution is 0.282. The van der Waals surface area contributed by atoms with E-state index in [-0.39, 0.29) is 6.61 Å². The largest absolute Gasteiger partial charge is 0.392 e. The molecule has 1 heterocycles. The molecule has 1 aromatic heterocycles. The summed E-state index contributed by atoms with van der Waals surface area (Å²) in [5.74, 6) is 0.662. The highest BCUT2D eigenvalue weighted by molar-refractivity contribution is 5.59. The van der Waals surface area contributed by atoms with Crippen molar-refractivity contribution < 1.29 is 5.11 Å². The fraction of sp³-hybridized carbons (Fsp3) is 0.222. The number of tetrazole rings is 1. The molecule has 5 nitrogen and oxygen atoms in total. The predicted molar refractivity (Wildman–Crippen MR) is 50.2 cm³/mol. The molecule has 1 N–H and O–H groups in total. The summed E-state index contributed by atoms with van der Waals surface area (Å²) in [4.78, 5) is 0. The predicted octanol–water partition coefficient (Wildman–Crippen LogP) is 0.369.